The molecule has 156 valence electrons. The van der Waals surface area contributed by atoms with Crippen molar-refractivity contribution in [3.05, 3.63) is 63.7 Å². The molecule has 0 N–H and O–H groups in total. The van der Waals surface area contributed by atoms with Gasteiger partial charge in [0.1, 0.15) is 6.61 Å². The first-order valence-corrected chi connectivity index (χ1v) is 10.9. The van der Waals surface area contributed by atoms with E-state index in [1.54, 1.807) is 30.3 Å². The van der Waals surface area contributed by atoms with E-state index in [4.69, 9.17) is 4.74 Å². The number of hydrogen-bond acceptors (Lipinski definition) is 6. The summed E-state index contributed by atoms with van der Waals surface area (Å²) in [5, 5.41) is 11.0. The Morgan fingerprint density at radius 2 is 1.72 bits per heavy atom. The fourth-order valence-corrected chi connectivity index (χ4v) is 4.74. The third kappa shape index (κ3) is 4.92. The molecule has 3 rings (SSSR count). The van der Waals surface area contributed by atoms with Gasteiger partial charge in [0.2, 0.25) is 10.0 Å². The Morgan fingerprint density at radius 3 is 2.38 bits per heavy atom. The molecule has 0 saturated carbocycles. The van der Waals surface area contributed by atoms with Crippen molar-refractivity contribution in [2.75, 3.05) is 39.3 Å². The third-order valence-electron chi connectivity index (χ3n) is 5.17. The lowest BCUT2D eigenvalue weighted by Crippen LogP contribution is -2.49. The molecule has 8 nitrogen and oxygen atoms in total. The van der Waals surface area contributed by atoms with E-state index in [1.165, 1.54) is 10.4 Å². The fourth-order valence-electron chi connectivity index (χ4n) is 3.23. The van der Waals surface area contributed by atoms with Gasteiger partial charge in [0.05, 0.1) is 9.82 Å². The summed E-state index contributed by atoms with van der Waals surface area (Å²) in [6, 6.07) is 11.5. The second kappa shape index (κ2) is 8.89. The maximum absolute atomic E-state index is 12.9. The lowest BCUT2D eigenvalue weighted by Gasteiger charge is -2.33. The van der Waals surface area contributed by atoms with Crippen molar-refractivity contribution in [3.63, 3.8) is 0 Å². The molecular formula is C20H25N3O5S. The van der Waals surface area contributed by atoms with Crippen LogP contribution in [0.15, 0.2) is 47.4 Å². The molecule has 0 atom stereocenters. The van der Waals surface area contributed by atoms with Gasteiger partial charge in [0, 0.05) is 38.8 Å². The minimum Gasteiger partial charge on any atom is -0.485 e. The maximum Gasteiger partial charge on any atom is 0.310 e. The number of para-hydroxylation sites is 2. The standard InChI is InChI=1S/C20H25N3O5S/c1-16-7-8-18(15-17(16)2)29(26,27)22-11-9-21(10-12-22)13-14-28-20-6-4-3-5-19(20)23(24)25/h3-8,15H,9-14H2,1-2H3. The number of sulfonamides is 1. The number of ether oxygens (including phenoxy) is 1. The van der Waals surface area contributed by atoms with Crippen molar-refractivity contribution in [3.8, 4) is 5.75 Å². The highest BCUT2D eigenvalue weighted by Crippen LogP contribution is 2.26. The molecular weight excluding hydrogens is 394 g/mol. The van der Waals surface area contributed by atoms with Gasteiger partial charge in [-0.3, -0.25) is 15.0 Å². The molecule has 0 amide bonds. The molecule has 2 aromatic carbocycles. The van der Waals surface area contributed by atoms with Crippen LogP contribution in [0.5, 0.6) is 5.75 Å². The highest BCUT2D eigenvalue weighted by Gasteiger charge is 2.28. The Hall–Kier alpha value is -2.49. The summed E-state index contributed by atoms with van der Waals surface area (Å²) in [5.74, 6) is 0.244. The first-order chi connectivity index (χ1) is 13.8. The third-order valence-corrected chi connectivity index (χ3v) is 7.07. The average Bonchev–Trinajstić information content (AvgIpc) is 2.70. The maximum atomic E-state index is 12.9. The molecule has 0 spiro atoms. The Morgan fingerprint density at radius 1 is 1.03 bits per heavy atom. The highest BCUT2D eigenvalue weighted by atomic mass is 32.2. The molecule has 9 heteroatoms. The van der Waals surface area contributed by atoms with Crippen molar-refractivity contribution < 1.29 is 18.1 Å². The van der Waals surface area contributed by atoms with Crippen molar-refractivity contribution in [1.29, 1.82) is 0 Å². The monoisotopic (exact) mass is 419 g/mol. The van der Waals surface area contributed by atoms with Gasteiger partial charge in [-0.25, -0.2) is 8.42 Å². The van der Waals surface area contributed by atoms with E-state index in [-0.39, 0.29) is 11.4 Å². The molecule has 0 aromatic heterocycles. The lowest BCUT2D eigenvalue weighted by atomic mass is 10.1. The molecule has 0 bridgehead atoms. The SMILES string of the molecule is Cc1ccc(S(=O)(=O)N2CCN(CCOc3ccccc3[N+](=O)[O-])CC2)cc1C. The van der Waals surface area contributed by atoms with Gasteiger partial charge in [-0.15, -0.1) is 0 Å². The number of nitro groups is 1. The van der Waals surface area contributed by atoms with Gasteiger partial charge in [-0.05, 0) is 43.2 Å². The minimum atomic E-state index is -3.50. The van der Waals surface area contributed by atoms with Gasteiger partial charge >= 0.3 is 5.69 Å². The summed E-state index contributed by atoms with van der Waals surface area (Å²) in [6.45, 7) is 6.72. The van der Waals surface area contributed by atoms with E-state index in [9.17, 15) is 18.5 Å². The van der Waals surface area contributed by atoms with Crippen molar-refractivity contribution in [2.24, 2.45) is 0 Å². The van der Waals surface area contributed by atoms with Crippen LogP contribution >= 0.6 is 0 Å². The predicted octanol–water partition coefficient (Wildman–Crippen LogP) is 2.60. The van der Waals surface area contributed by atoms with Gasteiger partial charge in [0.25, 0.3) is 0 Å². The molecule has 0 aliphatic carbocycles. The van der Waals surface area contributed by atoms with Crippen LogP contribution in [-0.2, 0) is 10.0 Å². The van der Waals surface area contributed by atoms with E-state index in [0.29, 0.717) is 44.2 Å². The van der Waals surface area contributed by atoms with Crippen molar-refractivity contribution in [2.45, 2.75) is 18.7 Å². The molecule has 1 aliphatic heterocycles. The van der Waals surface area contributed by atoms with Crippen LogP contribution in [0.25, 0.3) is 0 Å². The fraction of sp³-hybridized carbons (Fsp3) is 0.400. The molecule has 1 fully saturated rings. The van der Waals surface area contributed by atoms with E-state index in [0.717, 1.165) is 11.1 Å². The molecule has 29 heavy (non-hydrogen) atoms. The normalized spacial score (nSPS) is 15.9. The van der Waals surface area contributed by atoms with Crippen LogP contribution in [0.4, 0.5) is 5.69 Å². The van der Waals surface area contributed by atoms with E-state index >= 15 is 0 Å². The summed E-state index contributed by atoms with van der Waals surface area (Å²) in [4.78, 5) is 13.0. The van der Waals surface area contributed by atoms with Crippen LogP contribution < -0.4 is 4.74 Å². The van der Waals surface area contributed by atoms with Crippen LogP contribution in [-0.4, -0.2) is 61.9 Å². The Balaban J connectivity index is 1.53. The molecule has 0 unspecified atom stereocenters. The zero-order chi connectivity index (χ0) is 21.0. The van der Waals surface area contributed by atoms with Gasteiger partial charge in [0.15, 0.2) is 5.75 Å². The van der Waals surface area contributed by atoms with Gasteiger partial charge < -0.3 is 4.74 Å². The van der Waals surface area contributed by atoms with Crippen molar-refractivity contribution in [1.82, 2.24) is 9.21 Å². The first-order valence-electron chi connectivity index (χ1n) is 9.45. The number of aryl methyl sites for hydroxylation is 2. The molecule has 1 heterocycles. The largest absolute Gasteiger partial charge is 0.485 e. The van der Waals surface area contributed by atoms with E-state index in [1.807, 2.05) is 19.9 Å². The van der Waals surface area contributed by atoms with Crippen LogP contribution in [0.2, 0.25) is 0 Å². The molecule has 0 radical (unpaired) electrons. The van der Waals surface area contributed by atoms with E-state index in [2.05, 4.69) is 4.90 Å². The van der Waals surface area contributed by atoms with Gasteiger partial charge in [-0.2, -0.15) is 4.31 Å². The summed E-state index contributed by atoms with van der Waals surface area (Å²) in [7, 11) is -3.50. The van der Waals surface area contributed by atoms with E-state index < -0.39 is 14.9 Å². The zero-order valence-electron chi connectivity index (χ0n) is 16.6. The highest BCUT2D eigenvalue weighted by molar-refractivity contribution is 7.89. The topological polar surface area (TPSA) is 93.0 Å². The Bertz CT molecular complexity index is 985. The number of rotatable bonds is 7. The first kappa shape index (κ1) is 21.2. The number of benzene rings is 2. The number of hydrogen-bond donors (Lipinski definition) is 0. The Kier molecular flexibility index (Phi) is 6.51. The number of nitrogens with zero attached hydrogens (tertiary/aromatic N) is 3. The summed E-state index contributed by atoms with van der Waals surface area (Å²) in [6.07, 6.45) is 0. The average molecular weight is 420 g/mol. The number of piperazine rings is 1. The second-order valence-corrected chi connectivity index (χ2v) is 9.00. The zero-order valence-corrected chi connectivity index (χ0v) is 17.4. The summed E-state index contributed by atoms with van der Waals surface area (Å²) < 4.78 is 32.8. The smallest absolute Gasteiger partial charge is 0.310 e. The predicted molar refractivity (Wildman–Crippen MR) is 110 cm³/mol. The van der Waals surface area contributed by atoms with Crippen LogP contribution in [0, 0.1) is 24.0 Å². The second-order valence-electron chi connectivity index (χ2n) is 7.07. The van der Waals surface area contributed by atoms with Crippen LogP contribution in [0.1, 0.15) is 11.1 Å². The Labute approximate surface area is 170 Å². The molecule has 1 saturated heterocycles. The van der Waals surface area contributed by atoms with Crippen molar-refractivity contribution >= 4 is 15.7 Å². The minimum absolute atomic E-state index is 0.0585. The molecule has 1 aliphatic rings. The summed E-state index contributed by atoms with van der Waals surface area (Å²) >= 11 is 0. The number of nitro benzene ring substituents is 1. The molecule has 2 aromatic rings. The quantitative estimate of drug-likeness (QED) is 0.506. The van der Waals surface area contributed by atoms with Crippen LogP contribution in [0.3, 0.4) is 0 Å². The lowest BCUT2D eigenvalue weighted by molar-refractivity contribution is -0.385. The van der Waals surface area contributed by atoms with Gasteiger partial charge in [-0.1, -0.05) is 18.2 Å². The summed E-state index contributed by atoms with van der Waals surface area (Å²) in [5.41, 5.74) is 1.96.